The molecule has 0 aliphatic carbocycles. The summed E-state index contributed by atoms with van der Waals surface area (Å²) in [7, 11) is 0. The number of aromatic nitrogens is 1. The number of Topliss-reactive ketones (excluding diaryl/α,β-unsaturated/α-hetero) is 1. The number of nitrogens with zero attached hydrogens (tertiary/aromatic N) is 3. The van der Waals surface area contributed by atoms with Gasteiger partial charge in [-0.25, -0.2) is 4.98 Å². The number of likely N-dealkylation sites (tertiary alicyclic amines) is 1. The van der Waals surface area contributed by atoms with Crippen LogP contribution < -0.4 is 0 Å². The molecule has 0 saturated carbocycles. The lowest BCUT2D eigenvalue weighted by atomic mass is 9.89. The highest BCUT2D eigenvalue weighted by molar-refractivity contribution is 7.09. The van der Waals surface area contributed by atoms with Gasteiger partial charge in [-0.15, -0.1) is 11.3 Å². The molecular weight excluding hydrogens is 282 g/mol. The summed E-state index contributed by atoms with van der Waals surface area (Å²) in [4.78, 5) is 19.5. The van der Waals surface area contributed by atoms with E-state index in [1.807, 2.05) is 12.3 Å². The number of thiazole rings is 1. The van der Waals surface area contributed by atoms with E-state index >= 15 is 0 Å². The van der Waals surface area contributed by atoms with Crippen molar-refractivity contribution in [3.63, 3.8) is 0 Å². The van der Waals surface area contributed by atoms with E-state index in [4.69, 9.17) is 0 Å². The third-order valence-electron chi connectivity index (χ3n) is 4.00. The SMILES string of the molecule is Cc1csc([C@@H](C#N)C(=O)[C@H](C(C)C)N2CCCCC2)n1. The molecule has 1 saturated heterocycles. The zero-order valence-corrected chi connectivity index (χ0v) is 13.8. The van der Waals surface area contributed by atoms with Crippen LogP contribution in [0.1, 0.15) is 49.7 Å². The first-order valence-corrected chi connectivity index (χ1v) is 8.52. The molecule has 1 aromatic rings. The molecule has 0 radical (unpaired) electrons. The van der Waals surface area contributed by atoms with Crippen molar-refractivity contribution in [2.75, 3.05) is 13.1 Å². The summed E-state index contributed by atoms with van der Waals surface area (Å²) in [6.07, 6.45) is 3.52. The second-order valence-corrected chi connectivity index (χ2v) is 6.97. The molecule has 1 aliphatic heterocycles. The highest BCUT2D eigenvalue weighted by Gasteiger charge is 2.36. The van der Waals surface area contributed by atoms with Crippen molar-refractivity contribution in [1.29, 1.82) is 5.26 Å². The van der Waals surface area contributed by atoms with Crippen LogP contribution >= 0.6 is 11.3 Å². The molecule has 0 aromatic carbocycles. The second kappa shape index (κ2) is 7.15. The lowest BCUT2D eigenvalue weighted by molar-refractivity contribution is -0.126. The number of piperidine rings is 1. The van der Waals surface area contributed by atoms with Crippen molar-refractivity contribution in [3.05, 3.63) is 16.1 Å². The Morgan fingerprint density at radius 1 is 1.38 bits per heavy atom. The van der Waals surface area contributed by atoms with Crippen molar-refractivity contribution in [1.82, 2.24) is 9.88 Å². The largest absolute Gasteiger partial charge is 0.296 e. The van der Waals surface area contributed by atoms with Crippen molar-refractivity contribution in [2.45, 2.75) is 52.0 Å². The topological polar surface area (TPSA) is 57.0 Å². The molecule has 0 N–H and O–H groups in total. The molecule has 114 valence electrons. The van der Waals surface area contributed by atoms with Crippen molar-refractivity contribution in [3.8, 4) is 6.07 Å². The first-order valence-electron chi connectivity index (χ1n) is 7.64. The lowest BCUT2D eigenvalue weighted by Crippen LogP contribution is -2.48. The number of hydrogen-bond donors (Lipinski definition) is 0. The van der Waals surface area contributed by atoms with Crippen LogP contribution in [0.5, 0.6) is 0 Å². The molecule has 1 aliphatic rings. The third-order valence-corrected chi connectivity index (χ3v) is 5.03. The average molecular weight is 305 g/mol. The summed E-state index contributed by atoms with van der Waals surface area (Å²) in [5.74, 6) is -0.491. The predicted molar refractivity (Wildman–Crippen MR) is 84.3 cm³/mol. The smallest absolute Gasteiger partial charge is 0.174 e. The number of nitriles is 1. The Labute approximate surface area is 130 Å². The van der Waals surface area contributed by atoms with Gasteiger partial charge in [0.1, 0.15) is 5.01 Å². The summed E-state index contributed by atoms with van der Waals surface area (Å²) in [5.41, 5.74) is 0.877. The summed E-state index contributed by atoms with van der Waals surface area (Å²) in [6.45, 7) is 7.95. The van der Waals surface area contributed by atoms with Crippen molar-refractivity contribution >= 4 is 17.1 Å². The van der Waals surface area contributed by atoms with Crippen LogP contribution in [0, 0.1) is 24.2 Å². The number of carbonyl (C=O) groups is 1. The maximum absolute atomic E-state index is 12.9. The summed E-state index contributed by atoms with van der Waals surface area (Å²) in [5, 5.41) is 12.0. The zero-order chi connectivity index (χ0) is 15.4. The van der Waals surface area contributed by atoms with Gasteiger partial charge in [0.25, 0.3) is 0 Å². The molecular formula is C16H23N3OS. The Morgan fingerprint density at radius 2 is 2.05 bits per heavy atom. The fraction of sp³-hybridized carbons (Fsp3) is 0.688. The van der Waals surface area contributed by atoms with Gasteiger partial charge in [0.15, 0.2) is 11.7 Å². The fourth-order valence-corrected chi connectivity index (χ4v) is 3.89. The summed E-state index contributed by atoms with van der Waals surface area (Å²) in [6, 6.07) is 2.01. The molecule has 4 nitrogen and oxygen atoms in total. The van der Waals surface area contributed by atoms with Gasteiger partial charge in [-0.3, -0.25) is 9.69 Å². The van der Waals surface area contributed by atoms with Crippen LogP contribution in [0.4, 0.5) is 0 Å². The van der Waals surface area contributed by atoms with Crippen LogP contribution in [0.15, 0.2) is 5.38 Å². The van der Waals surface area contributed by atoms with Gasteiger partial charge in [0.05, 0.1) is 12.1 Å². The normalized spacial score (nSPS) is 19.2. The van der Waals surface area contributed by atoms with Gasteiger partial charge in [0, 0.05) is 11.1 Å². The number of ketones is 1. The van der Waals surface area contributed by atoms with Gasteiger partial charge < -0.3 is 0 Å². The van der Waals surface area contributed by atoms with Gasteiger partial charge in [-0.05, 0) is 38.8 Å². The van der Waals surface area contributed by atoms with Gasteiger partial charge in [-0.2, -0.15) is 5.26 Å². The van der Waals surface area contributed by atoms with Crippen LogP contribution in [-0.4, -0.2) is 34.8 Å². The highest BCUT2D eigenvalue weighted by Crippen LogP contribution is 2.27. The molecule has 0 unspecified atom stereocenters. The van der Waals surface area contributed by atoms with E-state index in [2.05, 4.69) is 29.8 Å². The molecule has 0 amide bonds. The molecule has 1 fully saturated rings. The molecule has 2 atom stereocenters. The minimum Gasteiger partial charge on any atom is -0.296 e. The third kappa shape index (κ3) is 3.69. The quantitative estimate of drug-likeness (QED) is 0.838. The Morgan fingerprint density at radius 3 is 2.52 bits per heavy atom. The van der Waals surface area contributed by atoms with Gasteiger partial charge >= 0.3 is 0 Å². The monoisotopic (exact) mass is 305 g/mol. The maximum Gasteiger partial charge on any atom is 0.174 e. The minimum absolute atomic E-state index is 0.0174. The van der Waals surface area contributed by atoms with Crippen LogP contribution in [0.3, 0.4) is 0 Å². The molecule has 2 heterocycles. The minimum atomic E-state index is -0.724. The Kier molecular flexibility index (Phi) is 5.49. The van der Waals surface area contributed by atoms with E-state index in [-0.39, 0.29) is 17.7 Å². The highest BCUT2D eigenvalue weighted by atomic mass is 32.1. The van der Waals surface area contributed by atoms with E-state index in [1.54, 1.807) is 0 Å². The summed E-state index contributed by atoms with van der Waals surface area (Å²) < 4.78 is 0. The Hall–Kier alpha value is -1.25. The number of hydrogen-bond acceptors (Lipinski definition) is 5. The van der Waals surface area contributed by atoms with E-state index < -0.39 is 5.92 Å². The Bertz CT molecular complexity index is 526. The fourth-order valence-electron chi connectivity index (χ4n) is 3.04. The molecule has 0 spiro atoms. The van der Waals surface area contributed by atoms with Gasteiger partial charge in [-0.1, -0.05) is 20.3 Å². The maximum atomic E-state index is 12.9. The summed E-state index contributed by atoms with van der Waals surface area (Å²) >= 11 is 1.41. The molecule has 0 bridgehead atoms. The number of carbonyl (C=O) groups excluding carboxylic acids is 1. The van der Waals surface area contributed by atoms with Crippen LogP contribution in [-0.2, 0) is 4.79 Å². The lowest BCUT2D eigenvalue weighted by Gasteiger charge is -2.36. The molecule has 5 heteroatoms. The van der Waals surface area contributed by atoms with Gasteiger partial charge in [0.2, 0.25) is 0 Å². The van der Waals surface area contributed by atoms with E-state index in [1.165, 1.54) is 17.8 Å². The standard InChI is InChI=1S/C16H23N3OS/c1-11(2)14(19-7-5-4-6-8-19)15(20)13(9-17)16-18-12(3)10-21-16/h10-11,13-14H,4-8H2,1-3H3/t13-,14-/m0/s1. The van der Waals surface area contributed by atoms with Crippen LogP contribution in [0.25, 0.3) is 0 Å². The number of rotatable bonds is 5. The zero-order valence-electron chi connectivity index (χ0n) is 13.0. The average Bonchev–Trinajstić information content (AvgIpc) is 2.87. The predicted octanol–water partition coefficient (Wildman–Crippen LogP) is 3.14. The molecule has 21 heavy (non-hydrogen) atoms. The first kappa shape index (κ1) is 16.1. The van der Waals surface area contributed by atoms with Crippen LogP contribution in [0.2, 0.25) is 0 Å². The van der Waals surface area contributed by atoms with Crippen molar-refractivity contribution < 1.29 is 4.79 Å². The Balaban J connectivity index is 2.22. The first-order chi connectivity index (χ1) is 10.0. The van der Waals surface area contributed by atoms with E-state index in [9.17, 15) is 10.1 Å². The van der Waals surface area contributed by atoms with E-state index in [0.29, 0.717) is 5.01 Å². The number of aryl methyl sites for hydroxylation is 1. The molecule has 1 aromatic heterocycles. The molecule has 2 rings (SSSR count). The van der Waals surface area contributed by atoms with Crippen molar-refractivity contribution in [2.24, 2.45) is 5.92 Å². The van der Waals surface area contributed by atoms with E-state index in [0.717, 1.165) is 31.6 Å². The second-order valence-electron chi connectivity index (χ2n) is 6.08.